The molecule has 2 saturated heterocycles. The first-order chi connectivity index (χ1) is 16.4. The Kier molecular flexibility index (Phi) is 6.02. The van der Waals surface area contributed by atoms with Crippen molar-refractivity contribution in [2.24, 2.45) is 5.92 Å². The highest BCUT2D eigenvalue weighted by Crippen LogP contribution is 2.44. The molecule has 34 heavy (non-hydrogen) atoms. The molecule has 2 fully saturated rings. The van der Waals surface area contributed by atoms with Crippen LogP contribution >= 0.6 is 0 Å². The molecule has 2 bridgehead atoms. The third-order valence-electron chi connectivity index (χ3n) is 7.56. The Balaban J connectivity index is 1.15. The number of fused-ring (bicyclic) bond motifs is 5. The molecule has 2 amide bonds. The molecule has 2 heterocycles. The van der Waals surface area contributed by atoms with Crippen LogP contribution in [-0.2, 0) is 14.3 Å². The van der Waals surface area contributed by atoms with Gasteiger partial charge in [0.15, 0.2) is 0 Å². The van der Waals surface area contributed by atoms with Crippen molar-refractivity contribution in [2.45, 2.75) is 63.1 Å². The highest BCUT2D eigenvalue weighted by Gasteiger charge is 2.45. The number of rotatable bonds is 6. The van der Waals surface area contributed by atoms with E-state index < -0.39 is 12.1 Å². The van der Waals surface area contributed by atoms with Crippen molar-refractivity contribution in [3.8, 4) is 11.1 Å². The first kappa shape index (κ1) is 22.4. The summed E-state index contributed by atoms with van der Waals surface area (Å²) in [6, 6.07) is 16.0. The highest BCUT2D eigenvalue weighted by molar-refractivity contribution is 5.80. The summed E-state index contributed by atoms with van der Waals surface area (Å²) >= 11 is 0. The zero-order valence-electron chi connectivity index (χ0n) is 19.3. The first-order valence-electron chi connectivity index (χ1n) is 12.1. The molecule has 2 aromatic carbocycles. The molecule has 2 aromatic rings. The van der Waals surface area contributed by atoms with Gasteiger partial charge in [-0.05, 0) is 54.9 Å². The van der Waals surface area contributed by atoms with Gasteiger partial charge in [-0.15, -0.1) is 0 Å². The predicted octanol–water partition coefficient (Wildman–Crippen LogP) is 4.16. The van der Waals surface area contributed by atoms with E-state index in [2.05, 4.69) is 29.6 Å². The number of nitrogens with one attached hydrogen (secondary N) is 1. The number of hydrogen-bond acceptors (Lipinski definition) is 4. The van der Waals surface area contributed by atoms with E-state index in [9.17, 15) is 19.5 Å². The van der Waals surface area contributed by atoms with Crippen molar-refractivity contribution >= 4 is 18.0 Å². The molecule has 1 aliphatic carbocycles. The summed E-state index contributed by atoms with van der Waals surface area (Å²) in [6.45, 7) is 2.03. The summed E-state index contributed by atoms with van der Waals surface area (Å²) < 4.78 is 5.59. The number of carboxylic acids is 1. The fourth-order valence-corrected chi connectivity index (χ4v) is 6.05. The minimum absolute atomic E-state index is 0.00555. The van der Waals surface area contributed by atoms with Crippen LogP contribution in [0.4, 0.5) is 4.79 Å². The average Bonchev–Trinajstić information content (AvgIpc) is 3.28. The van der Waals surface area contributed by atoms with Crippen LogP contribution in [-0.4, -0.2) is 52.7 Å². The van der Waals surface area contributed by atoms with Crippen LogP contribution in [0.2, 0.25) is 0 Å². The lowest BCUT2D eigenvalue weighted by molar-refractivity contribution is -0.148. The summed E-state index contributed by atoms with van der Waals surface area (Å²) in [4.78, 5) is 38.7. The molecule has 3 aliphatic rings. The molecule has 7 nitrogen and oxygen atoms in total. The zero-order valence-corrected chi connectivity index (χ0v) is 19.3. The maximum atomic E-state index is 13.0. The average molecular weight is 463 g/mol. The largest absolute Gasteiger partial charge is 0.481 e. The summed E-state index contributed by atoms with van der Waals surface area (Å²) in [5.74, 6) is -1.17. The molecule has 0 saturated carbocycles. The van der Waals surface area contributed by atoms with Gasteiger partial charge in [0.25, 0.3) is 0 Å². The van der Waals surface area contributed by atoms with Gasteiger partial charge in [-0.3, -0.25) is 9.59 Å². The monoisotopic (exact) mass is 462 g/mol. The van der Waals surface area contributed by atoms with Crippen molar-refractivity contribution in [2.75, 3.05) is 6.61 Å². The minimum Gasteiger partial charge on any atom is -0.481 e. The lowest BCUT2D eigenvalue weighted by atomic mass is 9.90. The van der Waals surface area contributed by atoms with E-state index in [-0.39, 0.29) is 48.9 Å². The number of carbonyl (C=O) groups is 3. The van der Waals surface area contributed by atoms with E-state index in [0.29, 0.717) is 12.8 Å². The fourth-order valence-electron chi connectivity index (χ4n) is 6.05. The molecule has 5 rings (SSSR count). The Morgan fingerprint density at radius 3 is 2.12 bits per heavy atom. The number of carbonyl (C=O) groups excluding carboxylic acids is 2. The zero-order chi connectivity index (χ0) is 23.8. The van der Waals surface area contributed by atoms with E-state index in [1.807, 2.05) is 29.2 Å². The molecular weight excluding hydrogens is 432 g/mol. The number of hydrogen-bond donors (Lipinski definition) is 2. The van der Waals surface area contributed by atoms with Gasteiger partial charge in [-0.2, -0.15) is 0 Å². The van der Waals surface area contributed by atoms with E-state index in [1.54, 1.807) is 6.92 Å². The Labute approximate surface area is 199 Å². The quantitative estimate of drug-likeness (QED) is 0.672. The maximum absolute atomic E-state index is 13.0. The van der Waals surface area contributed by atoms with Gasteiger partial charge < -0.3 is 20.1 Å². The highest BCUT2D eigenvalue weighted by atomic mass is 16.5. The predicted molar refractivity (Wildman–Crippen MR) is 126 cm³/mol. The number of carboxylic acid groups (broad SMARTS) is 1. The van der Waals surface area contributed by atoms with Gasteiger partial charge >= 0.3 is 12.1 Å². The molecule has 2 unspecified atom stereocenters. The minimum atomic E-state index is -0.769. The number of benzene rings is 2. The second-order valence-corrected chi connectivity index (χ2v) is 9.77. The van der Waals surface area contributed by atoms with Gasteiger partial charge in [-0.25, -0.2) is 4.79 Å². The second-order valence-electron chi connectivity index (χ2n) is 9.77. The first-order valence-corrected chi connectivity index (χ1v) is 12.1. The number of alkyl carbamates (subject to hydrolysis) is 1. The molecular formula is C27H30N2O5. The number of amides is 2. The fraction of sp³-hybridized carbons (Fsp3) is 0.444. The van der Waals surface area contributed by atoms with Crippen LogP contribution in [0.25, 0.3) is 11.1 Å². The standard InChI is InChI=1S/C27H30N2O5/c1-16(12-25(30)29-18-10-11-19(29)14-17(13-18)26(31)32)28-27(33)34-15-24-22-8-4-2-6-20(22)21-7-3-5-9-23(21)24/h2-9,16-19,24H,10-15H2,1H3,(H,28,33)(H,31,32)/t16-,17?,18?,19?/m1/s1. The summed E-state index contributed by atoms with van der Waals surface area (Å²) in [7, 11) is 0. The molecule has 0 spiro atoms. The molecule has 0 aromatic heterocycles. The van der Waals surface area contributed by atoms with Gasteiger partial charge in [0.2, 0.25) is 5.91 Å². The molecule has 2 N–H and O–H groups in total. The van der Waals surface area contributed by atoms with Gasteiger partial charge in [0.05, 0.1) is 5.92 Å². The van der Waals surface area contributed by atoms with E-state index in [1.165, 1.54) is 11.1 Å². The van der Waals surface area contributed by atoms with Crippen molar-refractivity contribution in [1.82, 2.24) is 10.2 Å². The topological polar surface area (TPSA) is 95.9 Å². The van der Waals surface area contributed by atoms with E-state index in [4.69, 9.17) is 4.74 Å². The molecule has 2 aliphatic heterocycles. The normalized spacial score (nSPS) is 23.7. The number of nitrogens with zero attached hydrogens (tertiary/aromatic N) is 1. The Bertz CT molecular complexity index is 1060. The number of piperidine rings is 1. The Morgan fingerprint density at radius 1 is 1.00 bits per heavy atom. The summed E-state index contributed by atoms with van der Waals surface area (Å²) in [6.07, 6.45) is 2.39. The Hall–Kier alpha value is -3.35. The van der Waals surface area contributed by atoms with Crippen LogP contribution in [0.1, 0.15) is 56.1 Å². The van der Waals surface area contributed by atoms with Gasteiger partial charge in [-0.1, -0.05) is 48.5 Å². The van der Waals surface area contributed by atoms with Gasteiger partial charge in [0, 0.05) is 30.5 Å². The van der Waals surface area contributed by atoms with Crippen LogP contribution in [0, 0.1) is 5.92 Å². The smallest absolute Gasteiger partial charge is 0.407 e. The maximum Gasteiger partial charge on any atom is 0.407 e. The third-order valence-corrected chi connectivity index (χ3v) is 7.56. The van der Waals surface area contributed by atoms with Crippen LogP contribution in [0.15, 0.2) is 48.5 Å². The van der Waals surface area contributed by atoms with E-state index in [0.717, 1.165) is 24.0 Å². The molecule has 3 atom stereocenters. The van der Waals surface area contributed by atoms with Gasteiger partial charge in [0.1, 0.15) is 6.61 Å². The lowest BCUT2D eigenvalue weighted by Crippen LogP contribution is -2.49. The number of ether oxygens (including phenoxy) is 1. The van der Waals surface area contributed by atoms with Crippen LogP contribution < -0.4 is 5.32 Å². The van der Waals surface area contributed by atoms with Crippen LogP contribution in [0.3, 0.4) is 0 Å². The summed E-state index contributed by atoms with van der Waals surface area (Å²) in [5, 5.41) is 12.1. The summed E-state index contributed by atoms with van der Waals surface area (Å²) in [5.41, 5.74) is 4.65. The second kappa shape index (κ2) is 9.12. The van der Waals surface area contributed by atoms with Crippen molar-refractivity contribution in [3.05, 3.63) is 59.7 Å². The molecule has 178 valence electrons. The van der Waals surface area contributed by atoms with Crippen molar-refractivity contribution < 1.29 is 24.2 Å². The Morgan fingerprint density at radius 2 is 1.56 bits per heavy atom. The molecule has 0 radical (unpaired) electrons. The van der Waals surface area contributed by atoms with E-state index >= 15 is 0 Å². The van der Waals surface area contributed by atoms with Crippen molar-refractivity contribution in [3.63, 3.8) is 0 Å². The van der Waals surface area contributed by atoms with Crippen molar-refractivity contribution in [1.29, 1.82) is 0 Å². The SMILES string of the molecule is C[C@H](CC(=O)N1C2CCC1CC(C(=O)O)C2)NC(=O)OCC1c2ccccc2-c2ccccc21. The third kappa shape index (κ3) is 4.15. The van der Waals surface area contributed by atoms with Crippen LogP contribution in [0.5, 0.6) is 0 Å². The number of aliphatic carboxylic acids is 1. The lowest BCUT2D eigenvalue weighted by Gasteiger charge is -2.38. The molecule has 7 heteroatoms.